The summed E-state index contributed by atoms with van der Waals surface area (Å²) in [4.78, 5) is 16.3. The lowest BCUT2D eigenvalue weighted by molar-refractivity contribution is -0.138. The van der Waals surface area contributed by atoms with E-state index in [2.05, 4.69) is 10.2 Å². The lowest BCUT2D eigenvalue weighted by atomic mass is 10.0. The zero-order valence-corrected chi connectivity index (χ0v) is 13.6. The Kier molecular flexibility index (Phi) is 4.84. The maximum Gasteiger partial charge on any atom is 0.237 e. The molecule has 0 spiro atoms. The van der Waals surface area contributed by atoms with Gasteiger partial charge in [-0.25, -0.2) is 0 Å². The Labute approximate surface area is 137 Å². The largest absolute Gasteiger partial charge is 0.497 e. The van der Waals surface area contributed by atoms with Gasteiger partial charge < -0.3 is 20.1 Å². The maximum atomic E-state index is 12.4. The van der Waals surface area contributed by atoms with Crippen LogP contribution in [0, 0.1) is 0 Å². The van der Waals surface area contributed by atoms with Crippen molar-refractivity contribution in [2.24, 2.45) is 0 Å². The molecule has 1 amide bonds. The van der Waals surface area contributed by atoms with E-state index in [4.69, 9.17) is 4.74 Å². The number of nitrogens with one attached hydrogen (secondary N) is 1. The maximum absolute atomic E-state index is 12.4. The predicted octanol–water partition coefficient (Wildman–Crippen LogP) is 0.0638. The highest BCUT2D eigenvalue weighted by atomic mass is 16.5. The molecule has 2 aliphatic rings. The number of nitrogens with zero attached hydrogens (tertiary/aromatic N) is 2. The molecule has 126 valence electrons. The molecule has 2 saturated heterocycles. The van der Waals surface area contributed by atoms with Crippen molar-refractivity contribution in [1.82, 2.24) is 15.1 Å². The average molecular weight is 319 g/mol. The van der Waals surface area contributed by atoms with E-state index in [1.54, 1.807) is 7.11 Å². The Balaban J connectivity index is 1.55. The van der Waals surface area contributed by atoms with E-state index < -0.39 is 5.60 Å². The number of carbonyl (C=O) groups is 1. The van der Waals surface area contributed by atoms with Crippen molar-refractivity contribution in [2.45, 2.75) is 18.6 Å². The highest BCUT2D eigenvalue weighted by Crippen LogP contribution is 2.19. The van der Waals surface area contributed by atoms with E-state index in [9.17, 15) is 9.90 Å². The van der Waals surface area contributed by atoms with Crippen molar-refractivity contribution in [3.05, 3.63) is 29.8 Å². The minimum atomic E-state index is -0.685. The minimum Gasteiger partial charge on any atom is -0.497 e. The number of rotatable bonds is 5. The van der Waals surface area contributed by atoms with Crippen LogP contribution < -0.4 is 10.1 Å². The van der Waals surface area contributed by atoms with Gasteiger partial charge in [0.05, 0.1) is 19.3 Å². The smallest absolute Gasteiger partial charge is 0.237 e. The van der Waals surface area contributed by atoms with Gasteiger partial charge >= 0.3 is 0 Å². The van der Waals surface area contributed by atoms with Crippen LogP contribution in [0.15, 0.2) is 24.3 Å². The van der Waals surface area contributed by atoms with Gasteiger partial charge in [-0.1, -0.05) is 12.1 Å². The third-order valence-corrected chi connectivity index (χ3v) is 4.64. The predicted molar refractivity (Wildman–Crippen MR) is 87.3 cm³/mol. The van der Waals surface area contributed by atoms with Crippen molar-refractivity contribution in [3.63, 3.8) is 0 Å². The van der Waals surface area contributed by atoms with E-state index in [1.807, 2.05) is 29.2 Å². The van der Waals surface area contributed by atoms with Crippen LogP contribution in [0.2, 0.25) is 0 Å². The normalized spacial score (nSPS) is 25.8. The lowest BCUT2D eigenvalue weighted by Crippen LogP contribution is -2.54. The van der Waals surface area contributed by atoms with Gasteiger partial charge in [0.2, 0.25) is 5.91 Å². The van der Waals surface area contributed by atoms with Gasteiger partial charge in [0, 0.05) is 32.7 Å². The molecule has 0 bridgehead atoms. The number of amides is 1. The molecule has 0 unspecified atom stereocenters. The molecule has 0 aromatic heterocycles. The summed E-state index contributed by atoms with van der Waals surface area (Å²) in [5.41, 5.74) is 0.389. The van der Waals surface area contributed by atoms with Crippen LogP contribution in [0.1, 0.15) is 12.0 Å². The Hall–Kier alpha value is -1.63. The second-order valence-corrected chi connectivity index (χ2v) is 6.53. The summed E-state index contributed by atoms with van der Waals surface area (Å²) in [6, 6.07) is 7.82. The zero-order chi connectivity index (χ0) is 16.3. The van der Waals surface area contributed by atoms with Gasteiger partial charge in [-0.2, -0.15) is 0 Å². The second kappa shape index (κ2) is 6.86. The van der Waals surface area contributed by atoms with Crippen LogP contribution in [-0.4, -0.2) is 72.8 Å². The van der Waals surface area contributed by atoms with Crippen molar-refractivity contribution < 1.29 is 14.6 Å². The van der Waals surface area contributed by atoms with Crippen LogP contribution in [0.3, 0.4) is 0 Å². The number of β-amino-alcohol motifs (C(OH)–C–C–N with tert-alkyl or cyclic N) is 1. The fraction of sp³-hybridized carbons (Fsp3) is 0.588. The Bertz CT molecular complexity index is 558. The topological polar surface area (TPSA) is 65.0 Å². The van der Waals surface area contributed by atoms with Gasteiger partial charge in [-0.3, -0.25) is 9.69 Å². The Morgan fingerprint density at radius 1 is 1.39 bits per heavy atom. The number of methoxy groups -OCH3 is 1. The Morgan fingerprint density at radius 3 is 2.96 bits per heavy atom. The van der Waals surface area contributed by atoms with Crippen molar-refractivity contribution >= 4 is 5.91 Å². The quantitative estimate of drug-likeness (QED) is 0.804. The van der Waals surface area contributed by atoms with Crippen molar-refractivity contribution in [3.8, 4) is 5.75 Å². The summed E-state index contributed by atoms with van der Waals surface area (Å²) >= 11 is 0. The van der Waals surface area contributed by atoms with Gasteiger partial charge in [0.25, 0.3) is 0 Å². The number of benzene rings is 1. The van der Waals surface area contributed by atoms with Crippen LogP contribution in [0.4, 0.5) is 0 Å². The molecule has 1 aromatic rings. The highest BCUT2D eigenvalue weighted by molar-refractivity contribution is 5.79. The standard InChI is InChI=1S/C17H25N3O3/c1-23-15-4-2-3-14(9-15)10-20-8-7-19(11-16(20)21)13-17(22)5-6-18-12-17/h2-4,9,18,22H,5-8,10-13H2,1H3/t17-/m1/s1. The summed E-state index contributed by atoms with van der Waals surface area (Å²) in [7, 11) is 1.64. The molecule has 23 heavy (non-hydrogen) atoms. The first-order valence-corrected chi connectivity index (χ1v) is 8.14. The second-order valence-electron chi connectivity index (χ2n) is 6.53. The van der Waals surface area contributed by atoms with Gasteiger partial charge in [0.1, 0.15) is 5.75 Å². The molecule has 0 aliphatic carbocycles. The molecule has 2 N–H and O–H groups in total. The van der Waals surface area contributed by atoms with Gasteiger partial charge in [-0.15, -0.1) is 0 Å². The fourth-order valence-electron chi connectivity index (χ4n) is 3.33. The average Bonchev–Trinajstić information content (AvgIpc) is 2.96. The lowest BCUT2D eigenvalue weighted by Gasteiger charge is -2.37. The molecule has 0 saturated carbocycles. The SMILES string of the molecule is COc1cccc(CN2CCN(C[C@@]3(O)CCNC3)CC2=O)c1. The first kappa shape index (κ1) is 16.2. The third-order valence-electron chi connectivity index (χ3n) is 4.64. The Morgan fingerprint density at radius 2 is 2.26 bits per heavy atom. The zero-order valence-electron chi connectivity index (χ0n) is 13.6. The monoisotopic (exact) mass is 319 g/mol. The molecule has 3 rings (SSSR count). The molecule has 1 aromatic carbocycles. The van der Waals surface area contributed by atoms with Crippen LogP contribution >= 0.6 is 0 Å². The molecule has 1 atom stereocenters. The van der Waals surface area contributed by atoms with E-state index in [0.29, 0.717) is 32.7 Å². The summed E-state index contributed by atoms with van der Waals surface area (Å²) in [6.45, 7) is 4.52. The summed E-state index contributed by atoms with van der Waals surface area (Å²) < 4.78 is 5.23. The summed E-state index contributed by atoms with van der Waals surface area (Å²) in [6.07, 6.45) is 0.755. The number of hydrogen-bond acceptors (Lipinski definition) is 5. The molecule has 0 radical (unpaired) electrons. The van der Waals surface area contributed by atoms with E-state index >= 15 is 0 Å². The minimum absolute atomic E-state index is 0.119. The first-order chi connectivity index (χ1) is 11.1. The van der Waals surface area contributed by atoms with Gasteiger partial charge in [0.15, 0.2) is 0 Å². The highest BCUT2D eigenvalue weighted by Gasteiger charge is 2.35. The molecule has 2 fully saturated rings. The van der Waals surface area contributed by atoms with E-state index in [-0.39, 0.29) is 5.91 Å². The van der Waals surface area contributed by atoms with Crippen molar-refractivity contribution in [1.29, 1.82) is 0 Å². The van der Waals surface area contributed by atoms with Crippen LogP contribution in [0.25, 0.3) is 0 Å². The number of piperazine rings is 1. The molecule has 6 nitrogen and oxygen atoms in total. The molecular weight excluding hydrogens is 294 g/mol. The molecule has 2 aliphatic heterocycles. The van der Waals surface area contributed by atoms with Crippen LogP contribution in [0.5, 0.6) is 5.75 Å². The number of aliphatic hydroxyl groups is 1. The van der Waals surface area contributed by atoms with E-state index in [1.165, 1.54) is 0 Å². The van der Waals surface area contributed by atoms with Crippen LogP contribution in [-0.2, 0) is 11.3 Å². The number of ether oxygens (including phenoxy) is 1. The first-order valence-electron chi connectivity index (χ1n) is 8.14. The van der Waals surface area contributed by atoms with E-state index in [0.717, 1.165) is 30.8 Å². The summed E-state index contributed by atoms with van der Waals surface area (Å²) in [5.74, 6) is 0.929. The number of carbonyl (C=O) groups excluding carboxylic acids is 1. The molecule has 6 heteroatoms. The van der Waals surface area contributed by atoms with Gasteiger partial charge in [-0.05, 0) is 30.7 Å². The molecular formula is C17H25N3O3. The molecule has 2 heterocycles. The summed E-state index contributed by atoms with van der Waals surface area (Å²) in [5, 5.41) is 13.6. The number of hydrogen-bond donors (Lipinski definition) is 2. The fourth-order valence-corrected chi connectivity index (χ4v) is 3.33. The third kappa shape index (κ3) is 4.02. The van der Waals surface area contributed by atoms with Crippen molar-refractivity contribution in [2.75, 3.05) is 46.4 Å².